The van der Waals surface area contributed by atoms with E-state index in [1.807, 2.05) is 54.2 Å². The molecule has 0 radical (unpaired) electrons. The second kappa shape index (κ2) is 5.47. The number of aryl methyl sites for hydroxylation is 1. The highest BCUT2D eigenvalue weighted by atomic mass is 16.5. The van der Waals surface area contributed by atoms with Crippen molar-refractivity contribution in [1.29, 1.82) is 0 Å². The molecular weight excluding hydrogens is 288 g/mol. The molecule has 0 saturated carbocycles. The maximum Gasteiger partial charge on any atom is 0.228 e. The third-order valence-electron chi connectivity index (χ3n) is 4.33. The third kappa shape index (κ3) is 2.57. The van der Waals surface area contributed by atoms with Crippen molar-refractivity contribution >= 4 is 22.5 Å². The van der Waals surface area contributed by atoms with Gasteiger partial charge < -0.3 is 14.6 Å². The predicted octanol–water partition coefficient (Wildman–Crippen LogP) is 3.29. The van der Waals surface area contributed by atoms with Crippen LogP contribution in [0.15, 0.2) is 48.7 Å². The van der Waals surface area contributed by atoms with Crippen LogP contribution in [0.2, 0.25) is 0 Å². The first-order valence-corrected chi connectivity index (χ1v) is 7.79. The van der Waals surface area contributed by atoms with Gasteiger partial charge in [0.1, 0.15) is 5.75 Å². The summed E-state index contributed by atoms with van der Waals surface area (Å²) < 4.78 is 7.61. The summed E-state index contributed by atoms with van der Waals surface area (Å²) in [6, 6.07) is 14.0. The van der Waals surface area contributed by atoms with Gasteiger partial charge in [0.2, 0.25) is 5.91 Å². The van der Waals surface area contributed by atoms with Crippen LogP contribution >= 0.6 is 0 Å². The Morgan fingerprint density at radius 3 is 3.09 bits per heavy atom. The standard InChI is InChI=1S/C19H18N2O2/c1-21-9-7-15-16(3-2-4-17(15)21)20-19(22)12-13-5-6-14-8-10-23-18(14)11-13/h2-7,9,11H,8,10,12H2,1H3,(H,20,22). The molecule has 0 unspecified atom stereocenters. The lowest BCUT2D eigenvalue weighted by molar-refractivity contribution is -0.115. The van der Waals surface area contributed by atoms with Gasteiger partial charge in [0, 0.05) is 30.6 Å². The number of amides is 1. The molecule has 116 valence electrons. The molecule has 3 aromatic rings. The van der Waals surface area contributed by atoms with Crippen LogP contribution in [-0.4, -0.2) is 17.1 Å². The fourth-order valence-electron chi connectivity index (χ4n) is 3.11. The van der Waals surface area contributed by atoms with Crippen LogP contribution in [0.5, 0.6) is 5.75 Å². The van der Waals surface area contributed by atoms with E-state index < -0.39 is 0 Å². The maximum atomic E-state index is 12.4. The summed E-state index contributed by atoms with van der Waals surface area (Å²) in [6.07, 6.45) is 3.30. The molecule has 1 aliphatic heterocycles. The van der Waals surface area contributed by atoms with E-state index in [2.05, 4.69) is 11.4 Å². The Balaban J connectivity index is 1.53. The third-order valence-corrected chi connectivity index (χ3v) is 4.33. The van der Waals surface area contributed by atoms with Crippen LogP contribution in [0.3, 0.4) is 0 Å². The zero-order valence-electron chi connectivity index (χ0n) is 13.0. The summed E-state index contributed by atoms with van der Waals surface area (Å²) in [5.41, 5.74) is 4.16. The van der Waals surface area contributed by atoms with Gasteiger partial charge in [-0.1, -0.05) is 18.2 Å². The first-order valence-electron chi connectivity index (χ1n) is 7.79. The highest BCUT2D eigenvalue weighted by Crippen LogP contribution is 2.27. The van der Waals surface area contributed by atoms with E-state index in [1.54, 1.807) is 0 Å². The minimum absolute atomic E-state index is 0.0145. The Hall–Kier alpha value is -2.75. The Labute approximate surface area is 134 Å². The zero-order chi connectivity index (χ0) is 15.8. The van der Waals surface area contributed by atoms with Gasteiger partial charge in [-0.25, -0.2) is 0 Å². The van der Waals surface area contributed by atoms with E-state index in [4.69, 9.17) is 4.74 Å². The summed E-state index contributed by atoms with van der Waals surface area (Å²) in [6.45, 7) is 0.737. The van der Waals surface area contributed by atoms with Gasteiger partial charge in [0.25, 0.3) is 0 Å². The van der Waals surface area contributed by atoms with Crippen molar-refractivity contribution in [3.63, 3.8) is 0 Å². The van der Waals surface area contributed by atoms with E-state index >= 15 is 0 Å². The number of hydrogen-bond acceptors (Lipinski definition) is 2. The minimum atomic E-state index is -0.0145. The van der Waals surface area contributed by atoms with Crippen molar-refractivity contribution < 1.29 is 9.53 Å². The van der Waals surface area contributed by atoms with E-state index in [-0.39, 0.29) is 5.91 Å². The lowest BCUT2D eigenvalue weighted by atomic mass is 10.1. The van der Waals surface area contributed by atoms with E-state index in [9.17, 15) is 4.79 Å². The predicted molar refractivity (Wildman–Crippen MR) is 90.9 cm³/mol. The number of hydrogen-bond donors (Lipinski definition) is 1. The van der Waals surface area contributed by atoms with Crippen LogP contribution in [-0.2, 0) is 24.7 Å². The lowest BCUT2D eigenvalue weighted by Crippen LogP contribution is -2.14. The van der Waals surface area contributed by atoms with Gasteiger partial charge >= 0.3 is 0 Å². The highest BCUT2D eigenvalue weighted by Gasteiger charge is 2.14. The molecule has 2 aromatic carbocycles. The first kappa shape index (κ1) is 13.9. The average Bonchev–Trinajstić information content (AvgIpc) is 3.14. The zero-order valence-corrected chi connectivity index (χ0v) is 13.0. The van der Waals surface area contributed by atoms with E-state index in [0.717, 1.165) is 40.9 Å². The Morgan fingerprint density at radius 2 is 2.17 bits per heavy atom. The van der Waals surface area contributed by atoms with Crippen LogP contribution in [0, 0.1) is 0 Å². The lowest BCUT2D eigenvalue weighted by Gasteiger charge is -2.08. The highest BCUT2D eigenvalue weighted by molar-refractivity contribution is 6.02. The van der Waals surface area contributed by atoms with Crippen LogP contribution in [0.4, 0.5) is 5.69 Å². The minimum Gasteiger partial charge on any atom is -0.493 e. The molecule has 0 fully saturated rings. The number of anilines is 1. The average molecular weight is 306 g/mol. The SMILES string of the molecule is Cn1ccc2c(NC(=O)Cc3ccc4c(c3)OCC4)cccc21. The molecule has 4 nitrogen and oxygen atoms in total. The Morgan fingerprint density at radius 1 is 1.26 bits per heavy atom. The molecule has 1 aliphatic rings. The fraction of sp³-hybridized carbons (Fsp3) is 0.211. The second-order valence-corrected chi connectivity index (χ2v) is 5.93. The monoisotopic (exact) mass is 306 g/mol. The number of aromatic nitrogens is 1. The van der Waals surface area contributed by atoms with Crippen LogP contribution in [0.1, 0.15) is 11.1 Å². The van der Waals surface area contributed by atoms with Gasteiger partial charge in [0.15, 0.2) is 0 Å². The van der Waals surface area contributed by atoms with Crippen molar-refractivity contribution in [3.05, 3.63) is 59.8 Å². The number of ether oxygens (including phenoxy) is 1. The first-order chi connectivity index (χ1) is 11.2. The van der Waals surface area contributed by atoms with Crippen LogP contribution in [0.25, 0.3) is 10.9 Å². The number of rotatable bonds is 3. The number of benzene rings is 2. The number of nitrogens with one attached hydrogen (secondary N) is 1. The molecule has 1 amide bonds. The van der Waals surface area contributed by atoms with Gasteiger partial charge in [0.05, 0.1) is 18.7 Å². The molecule has 1 N–H and O–H groups in total. The molecule has 0 bridgehead atoms. The summed E-state index contributed by atoms with van der Waals surface area (Å²) in [4.78, 5) is 12.4. The van der Waals surface area contributed by atoms with E-state index in [0.29, 0.717) is 6.42 Å². The topological polar surface area (TPSA) is 43.3 Å². The molecule has 4 heteroatoms. The van der Waals surface area contributed by atoms with Crippen molar-refractivity contribution in [2.24, 2.45) is 7.05 Å². The second-order valence-electron chi connectivity index (χ2n) is 5.93. The molecular formula is C19H18N2O2. The normalized spacial score (nSPS) is 12.9. The van der Waals surface area contributed by atoms with E-state index in [1.165, 1.54) is 5.56 Å². The molecule has 0 atom stereocenters. The summed E-state index contributed by atoms with van der Waals surface area (Å²) in [5.74, 6) is 0.903. The summed E-state index contributed by atoms with van der Waals surface area (Å²) in [7, 11) is 2.00. The van der Waals surface area contributed by atoms with Gasteiger partial charge in [-0.2, -0.15) is 0 Å². The molecule has 2 heterocycles. The Kier molecular flexibility index (Phi) is 3.30. The van der Waals surface area contributed by atoms with Gasteiger partial charge in [-0.05, 0) is 35.4 Å². The van der Waals surface area contributed by atoms with Crippen molar-refractivity contribution in [1.82, 2.24) is 4.57 Å². The summed E-state index contributed by atoms with van der Waals surface area (Å²) >= 11 is 0. The van der Waals surface area contributed by atoms with Crippen LogP contribution < -0.4 is 10.1 Å². The number of fused-ring (bicyclic) bond motifs is 2. The Bertz CT molecular complexity index is 896. The fourth-order valence-corrected chi connectivity index (χ4v) is 3.11. The maximum absolute atomic E-state index is 12.4. The number of carbonyl (C=O) groups excluding carboxylic acids is 1. The van der Waals surface area contributed by atoms with Gasteiger partial charge in [-0.15, -0.1) is 0 Å². The van der Waals surface area contributed by atoms with Crippen molar-refractivity contribution in [3.8, 4) is 5.75 Å². The molecule has 0 saturated heterocycles. The van der Waals surface area contributed by atoms with Crippen molar-refractivity contribution in [2.75, 3.05) is 11.9 Å². The molecule has 1 aromatic heterocycles. The number of carbonyl (C=O) groups is 1. The quantitative estimate of drug-likeness (QED) is 0.807. The molecule has 0 aliphatic carbocycles. The number of nitrogens with zero attached hydrogens (tertiary/aromatic N) is 1. The molecule has 0 spiro atoms. The largest absolute Gasteiger partial charge is 0.493 e. The van der Waals surface area contributed by atoms with Crippen molar-refractivity contribution in [2.45, 2.75) is 12.8 Å². The van der Waals surface area contributed by atoms with Gasteiger partial charge in [-0.3, -0.25) is 4.79 Å². The molecule has 23 heavy (non-hydrogen) atoms. The summed E-state index contributed by atoms with van der Waals surface area (Å²) in [5, 5.41) is 4.08. The smallest absolute Gasteiger partial charge is 0.228 e. The molecule has 4 rings (SSSR count).